The summed E-state index contributed by atoms with van der Waals surface area (Å²) in [5.74, 6) is 0.171. The lowest BCUT2D eigenvalue weighted by Gasteiger charge is -2.20. The summed E-state index contributed by atoms with van der Waals surface area (Å²) >= 11 is 0. The Bertz CT molecular complexity index is 297. The third kappa shape index (κ3) is 1.89. The van der Waals surface area contributed by atoms with E-state index in [0.717, 1.165) is 0 Å². The standard InChI is InChI=1S/C10H19N3O/c1-9(2,3)7-8(14)13(12-11-7)10(4,5)6/h14H,1-6H3. The van der Waals surface area contributed by atoms with Gasteiger partial charge in [-0.25, -0.2) is 4.68 Å². The van der Waals surface area contributed by atoms with E-state index in [4.69, 9.17) is 0 Å². The molecule has 0 amide bonds. The van der Waals surface area contributed by atoms with Gasteiger partial charge >= 0.3 is 0 Å². The Morgan fingerprint density at radius 2 is 1.57 bits per heavy atom. The summed E-state index contributed by atoms with van der Waals surface area (Å²) in [5, 5.41) is 17.9. The van der Waals surface area contributed by atoms with Gasteiger partial charge in [-0.2, -0.15) is 0 Å². The quantitative estimate of drug-likeness (QED) is 0.692. The number of rotatable bonds is 0. The highest BCUT2D eigenvalue weighted by atomic mass is 16.3. The lowest BCUT2D eigenvalue weighted by atomic mass is 9.92. The van der Waals surface area contributed by atoms with E-state index in [9.17, 15) is 5.11 Å². The maximum atomic E-state index is 9.94. The fourth-order valence-corrected chi connectivity index (χ4v) is 1.21. The zero-order chi connectivity index (χ0) is 11.1. The summed E-state index contributed by atoms with van der Waals surface area (Å²) in [6.45, 7) is 12.0. The van der Waals surface area contributed by atoms with Gasteiger partial charge in [-0.3, -0.25) is 0 Å². The second-order valence-electron chi connectivity index (χ2n) is 5.59. The number of hydrogen-bond donors (Lipinski definition) is 1. The molecule has 4 nitrogen and oxygen atoms in total. The van der Waals surface area contributed by atoms with Gasteiger partial charge < -0.3 is 5.11 Å². The van der Waals surface area contributed by atoms with Crippen LogP contribution in [-0.2, 0) is 11.0 Å². The van der Waals surface area contributed by atoms with Crippen molar-refractivity contribution in [3.8, 4) is 5.88 Å². The van der Waals surface area contributed by atoms with E-state index in [2.05, 4.69) is 10.3 Å². The minimum Gasteiger partial charge on any atom is -0.492 e. The second kappa shape index (κ2) is 2.97. The molecule has 0 radical (unpaired) electrons. The van der Waals surface area contributed by atoms with Crippen LogP contribution in [0.4, 0.5) is 0 Å². The van der Waals surface area contributed by atoms with Gasteiger partial charge in [0.1, 0.15) is 5.69 Å². The smallest absolute Gasteiger partial charge is 0.234 e. The van der Waals surface area contributed by atoms with Crippen molar-refractivity contribution >= 4 is 0 Å². The minimum absolute atomic E-state index is 0.171. The molecule has 1 N–H and O–H groups in total. The van der Waals surface area contributed by atoms with Gasteiger partial charge in [-0.1, -0.05) is 26.0 Å². The van der Waals surface area contributed by atoms with E-state index >= 15 is 0 Å². The van der Waals surface area contributed by atoms with Crippen LogP contribution in [0.3, 0.4) is 0 Å². The van der Waals surface area contributed by atoms with Crippen LogP contribution < -0.4 is 0 Å². The predicted octanol–water partition coefficient (Wildman–Crippen LogP) is 2.04. The molecule has 0 saturated carbocycles. The number of nitrogens with zero attached hydrogens (tertiary/aromatic N) is 3. The van der Waals surface area contributed by atoms with Crippen molar-refractivity contribution in [2.45, 2.75) is 52.5 Å². The van der Waals surface area contributed by atoms with Crippen molar-refractivity contribution in [1.82, 2.24) is 15.0 Å². The fourth-order valence-electron chi connectivity index (χ4n) is 1.21. The highest BCUT2D eigenvalue weighted by Crippen LogP contribution is 2.30. The summed E-state index contributed by atoms with van der Waals surface area (Å²) in [7, 11) is 0. The lowest BCUT2D eigenvalue weighted by molar-refractivity contribution is 0.288. The Morgan fingerprint density at radius 1 is 1.07 bits per heavy atom. The number of aromatic nitrogens is 3. The molecule has 0 aliphatic carbocycles. The molecule has 1 aromatic rings. The summed E-state index contributed by atoms with van der Waals surface area (Å²) in [5.41, 5.74) is 0.237. The molecule has 0 spiro atoms. The summed E-state index contributed by atoms with van der Waals surface area (Å²) < 4.78 is 1.55. The second-order valence-corrected chi connectivity index (χ2v) is 5.59. The van der Waals surface area contributed by atoms with Gasteiger partial charge in [0.25, 0.3) is 0 Å². The van der Waals surface area contributed by atoms with E-state index < -0.39 is 0 Å². The molecule has 0 aromatic carbocycles. The summed E-state index contributed by atoms with van der Waals surface area (Å²) in [4.78, 5) is 0. The first-order chi connectivity index (χ1) is 6.14. The zero-order valence-corrected chi connectivity index (χ0v) is 9.79. The Morgan fingerprint density at radius 3 is 1.79 bits per heavy atom. The van der Waals surface area contributed by atoms with E-state index in [0.29, 0.717) is 5.69 Å². The van der Waals surface area contributed by atoms with Crippen LogP contribution in [0.5, 0.6) is 5.88 Å². The average molecular weight is 197 g/mol. The van der Waals surface area contributed by atoms with E-state index in [1.165, 1.54) is 0 Å². The summed E-state index contributed by atoms with van der Waals surface area (Å²) in [6.07, 6.45) is 0. The molecule has 0 aliphatic heterocycles. The van der Waals surface area contributed by atoms with Gasteiger partial charge in [0.15, 0.2) is 0 Å². The van der Waals surface area contributed by atoms with Gasteiger partial charge in [0, 0.05) is 5.41 Å². The van der Waals surface area contributed by atoms with Crippen molar-refractivity contribution < 1.29 is 5.11 Å². The van der Waals surface area contributed by atoms with Crippen LogP contribution >= 0.6 is 0 Å². The SMILES string of the molecule is CC(C)(C)c1nnn(C(C)(C)C)c1O. The molecule has 0 fully saturated rings. The van der Waals surface area contributed by atoms with Crippen LogP contribution in [0.15, 0.2) is 0 Å². The third-order valence-electron chi connectivity index (χ3n) is 1.99. The van der Waals surface area contributed by atoms with Crippen molar-refractivity contribution in [3.05, 3.63) is 5.69 Å². The largest absolute Gasteiger partial charge is 0.492 e. The Balaban J connectivity index is 3.23. The molecular formula is C10H19N3O. The first kappa shape index (κ1) is 11.0. The monoisotopic (exact) mass is 197 g/mol. The van der Waals surface area contributed by atoms with Gasteiger partial charge in [0.05, 0.1) is 5.54 Å². The predicted molar refractivity (Wildman–Crippen MR) is 55.4 cm³/mol. The van der Waals surface area contributed by atoms with Crippen LogP contribution in [0.25, 0.3) is 0 Å². The van der Waals surface area contributed by atoms with Crippen LogP contribution in [0.1, 0.15) is 47.2 Å². The molecule has 0 unspecified atom stereocenters. The zero-order valence-electron chi connectivity index (χ0n) is 9.79. The average Bonchev–Trinajstić information content (AvgIpc) is 2.26. The van der Waals surface area contributed by atoms with E-state index in [1.54, 1.807) is 4.68 Å². The molecule has 14 heavy (non-hydrogen) atoms. The maximum absolute atomic E-state index is 9.94. The van der Waals surface area contributed by atoms with E-state index in [-0.39, 0.29) is 16.8 Å². The van der Waals surface area contributed by atoms with Gasteiger partial charge in [0.2, 0.25) is 5.88 Å². The van der Waals surface area contributed by atoms with E-state index in [1.807, 2.05) is 41.5 Å². The number of hydrogen-bond acceptors (Lipinski definition) is 3. The maximum Gasteiger partial charge on any atom is 0.234 e. The van der Waals surface area contributed by atoms with Crippen molar-refractivity contribution in [2.24, 2.45) is 0 Å². The van der Waals surface area contributed by atoms with Crippen molar-refractivity contribution in [3.63, 3.8) is 0 Å². The Kier molecular flexibility index (Phi) is 2.34. The Labute approximate surface area is 84.9 Å². The fraction of sp³-hybridized carbons (Fsp3) is 0.800. The van der Waals surface area contributed by atoms with Crippen LogP contribution in [0, 0.1) is 0 Å². The lowest BCUT2D eigenvalue weighted by Crippen LogP contribution is -2.23. The highest BCUT2D eigenvalue weighted by Gasteiger charge is 2.28. The molecule has 1 aromatic heterocycles. The van der Waals surface area contributed by atoms with Crippen LogP contribution in [-0.4, -0.2) is 20.1 Å². The molecule has 0 aliphatic rings. The topological polar surface area (TPSA) is 50.9 Å². The minimum atomic E-state index is -0.236. The molecule has 0 saturated heterocycles. The first-order valence-electron chi connectivity index (χ1n) is 4.79. The molecule has 0 atom stereocenters. The first-order valence-corrected chi connectivity index (χ1v) is 4.79. The molecule has 4 heteroatoms. The molecule has 0 bridgehead atoms. The van der Waals surface area contributed by atoms with Crippen LogP contribution in [0.2, 0.25) is 0 Å². The molecule has 1 rings (SSSR count). The van der Waals surface area contributed by atoms with Gasteiger partial charge in [-0.05, 0) is 20.8 Å². The Hall–Kier alpha value is -1.06. The number of aromatic hydroxyl groups is 1. The third-order valence-corrected chi connectivity index (χ3v) is 1.99. The normalized spacial score (nSPS) is 13.3. The molecule has 80 valence electrons. The molecular weight excluding hydrogens is 178 g/mol. The van der Waals surface area contributed by atoms with Crippen molar-refractivity contribution in [1.29, 1.82) is 0 Å². The van der Waals surface area contributed by atoms with Gasteiger partial charge in [-0.15, -0.1) is 5.10 Å². The summed E-state index contributed by atoms with van der Waals surface area (Å²) in [6, 6.07) is 0. The molecule has 1 heterocycles. The highest BCUT2D eigenvalue weighted by molar-refractivity contribution is 5.24. The van der Waals surface area contributed by atoms with Crippen molar-refractivity contribution in [2.75, 3.05) is 0 Å².